The van der Waals surface area contributed by atoms with Gasteiger partial charge in [-0.2, -0.15) is 0 Å². The minimum atomic E-state index is -2.66. The number of allylic oxidation sites excluding steroid dienone is 4. The molecule has 0 fully saturated rings. The summed E-state index contributed by atoms with van der Waals surface area (Å²) in [6, 6.07) is 8.74. The summed E-state index contributed by atoms with van der Waals surface area (Å²) in [5, 5.41) is 0. The number of halogens is 2. The molecule has 0 radical (unpaired) electrons. The van der Waals surface area contributed by atoms with Gasteiger partial charge in [-0.15, -0.1) is 24.8 Å². The molecule has 1 atom stereocenters. The van der Waals surface area contributed by atoms with Crippen molar-refractivity contribution in [3.8, 4) is 5.75 Å². The van der Waals surface area contributed by atoms with Crippen molar-refractivity contribution in [3.63, 3.8) is 0 Å². The molecule has 4 heteroatoms. The fraction of sp³-hybridized carbons (Fsp3) is 0.476. The molecule has 0 heterocycles. The van der Waals surface area contributed by atoms with E-state index >= 15 is 0 Å². The molecule has 0 aliphatic heterocycles. The van der Waals surface area contributed by atoms with Gasteiger partial charge in [0.15, 0.2) is 0 Å². The Bertz CT molecular complexity index is 677. The third-order valence-corrected chi connectivity index (χ3v) is 12.2. The summed E-state index contributed by atoms with van der Waals surface area (Å²) in [7, 11) is 0. The first-order valence-corrected chi connectivity index (χ1v) is 12.1. The molecule has 1 aromatic rings. The second-order valence-electron chi connectivity index (χ2n) is 7.78. The first kappa shape index (κ1) is 24.7. The van der Waals surface area contributed by atoms with E-state index in [9.17, 15) is 0 Å². The van der Waals surface area contributed by atoms with Gasteiger partial charge in [-0.25, -0.2) is 0 Å². The summed E-state index contributed by atoms with van der Waals surface area (Å²) in [5.74, 6) is 1.06. The zero-order chi connectivity index (χ0) is 17.1. The molecule has 1 nitrogen and oxygen atoms in total. The molecular formula is C21H33Cl2OTi. The van der Waals surface area contributed by atoms with E-state index in [0.717, 1.165) is 12.2 Å². The second-order valence-corrected chi connectivity index (χ2v) is 14.0. The van der Waals surface area contributed by atoms with E-state index in [1.807, 2.05) is 0 Å². The van der Waals surface area contributed by atoms with Gasteiger partial charge in [-0.3, -0.25) is 0 Å². The Morgan fingerprint density at radius 1 is 1.16 bits per heavy atom. The summed E-state index contributed by atoms with van der Waals surface area (Å²) in [6.07, 6.45) is 9.04. The normalized spacial score (nSPS) is 15.5. The standard InChI is InChI=1S/C10H14O.C5H5.C3H7.C3H6.2ClH.Ti/c1-10(2,3)8-5-4-6-9(11)7-8;1-2-4-5-3-1;2*1-3-2;;;/h4-7,11H,1-3H3;1-3H,4H2;1,3H2,2H3;1-2H3;2*1H;/q;;;;;;+1/p-1. The number of hydrogen-bond donors (Lipinski definition) is 0. The molecule has 0 spiro atoms. The van der Waals surface area contributed by atoms with Gasteiger partial charge in [0.05, 0.1) is 0 Å². The van der Waals surface area contributed by atoms with Crippen LogP contribution in [0.5, 0.6) is 5.75 Å². The summed E-state index contributed by atoms with van der Waals surface area (Å²) in [6.45, 7) is 13.6. The van der Waals surface area contributed by atoms with E-state index < -0.39 is 16.5 Å². The summed E-state index contributed by atoms with van der Waals surface area (Å²) >= 11 is -2.66. The summed E-state index contributed by atoms with van der Waals surface area (Å²) in [5.41, 5.74) is 1.49. The van der Waals surface area contributed by atoms with Gasteiger partial charge >= 0.3 is 146 Å². The fourth-order valence-electron chi connectivity index (χ4n) is 3.28. The monoisotopic (exact) mass is 419 g/mol. The zero-order valence-electron chi connectivity index (χ0n) is 16.4. The Morgan fingerprint density at radius 2 is 1.84 bits per heavy atom. The maximum absolute atomic E-state index is 6.87. The minimum absolute atomic E-state index is 0. The Kier molecular flexibility index (Phi) is 9.98. The van der Waals surface area contributed by atoms with E-state index in [-0.39, 0.29) is 30.2 Å². The van der Waals surface area contributed by atoms with Crippen molar-refractivity contribution in [2.24, 2.45) is 0 Å². The van der Waals surface area contributed by atoms with E-state index in [1.54, 1.807) is 3.88 Å². The molecule has 2 rings (SSSR count). The molecule has 1 aromatic carbocycles. The summed E-state index contributed by atoms with van der Waals surface area (Å²) < 4.78 is 11.1. The molecule has 0 amide bonds. The van der Waals surface area contributed by atoms with Crippen molar-refractivity contribution in [1.29, 1.82) is 0 Å². The Labute approximate surface area is 170 Å². The van der Waals surface area contributed by atoms with Crippen LogP contribution in [-0.2, 0) is 21.9 Å². The van der Waals surface area contributed by atoms with Crippen LogP contribution in [0.3, 0.4) is 0 Å². The molecule has 0 bridgehead atoms. The van der Waals surface area contributed by atoms with Crippen LogP contribution in [0.15, 0.2) is 46.4 Å². The van der Waals surface area contributed by atoms with Crippen molar-refractivity contribution >= 4 is 28.6 Å². The van der Waals surface area contributed by atoms with Crippen LogP contribution in [0, 0.1) is 0 Å². The average molecular weight is 420 g/mol. The van der Waals surface area contributed by atoms with Crippen molar-refractivity contribution in [2.45, 2.75) is 64.5 Å². The van der Waals surface area contributed by atoms with Crippen LogP contribution in [0.4, 0.5) is 0 Å². The maximum atomic E-state index is 6.87. The predicted molar refractivity (Wildman–Crippen MR) is 114 cm³/mol. The van der Waals surface area contributed by atoms with Crippen LogP contribution in [0.2, 0.25) is 4.73 Å². The Morgan fingerprint density at radius 3 is 2.32 bits per heavy atom. The maximum Gasteiger partial charge on any atom is -0.147 e. The van der Waals surface area contributed by atoms with E-state index in [1.165, 1.54) is 20.5 Å². The van der Waals surface area contributed by atoms with E-state index in [0.29, 0.717) is 0 Å². The van der Waals surface area contributed by atoms with Crippen LogP contribution in [-0.4, -0.2) is 3.81 Å². The third-order valence-electron chi connectivity index (χ3n) is 4.69. The fourth-order valence-corrected chi connectivity index (χ4v) is 9.44. The summed E-state index contributed by atoms with van der Waals surface area (Å²) in [4.78, 5) is 0. The van der Waals surface area contributed by atoms with Crippen molar-refractivity contribution < 1.29 is 19.8 Å². The largest absolute Gasteiger partial charge is 0.147 e. The van der Waals surface area contributed by atoms with E-state index in [4.69, 9.17) is 3.32 Å². The van der Waals surface area contributed by atoms with Gasteiger partial charge in [-0.1, -0.05) is 0 Å². The van der Waals surface area contributed by atoms with Crippen LogP contribution < -0.4 is 3.32 Å². The molecule has 141 valence electrons. The molecule has 0 aromatic heterocycles. The van der Waals surface area contributed by atoms with Gasteiger partial charge in [0.25, 0.3) is 0 Å². The average Bonchev–Trinajstić information content (AvgIpc) is 3.00. The second kappa shape index (κ2) is 10.1. The van der Waals surface area contributed by atoms with Crippen LogP contribution >= 0.6 is 24.8 Å². The molecular weight excluding hydrogens is 387 g/mol. The van der Waals surface area contributed by atoms with Gasteiger partial charge < -0.3 is 0 Å². The molecule has 1 unspecified atom stereocenters. The number of hydrogen-bond acceptors (Lipinski definition) is 1. The van der Waals surface area contributed by atoms with Crippen LogP contribution in [0.25, 0.3) is 0 Å². The Balaban J connectivity index is 0.00000288. The van der Waals surface area contributed by atoms with Gasteiger partial charge in [0, 0.05) is 0 Å². The molecule has 1 aliphatic rings. The molecule has 0 N–H and O–H groups in total. The van der Waals surface area contributed by atoms with Crippen molar-refractivity contribution in [1.82, 2.24) is 0 Å². The first-order valence-electron chi connectivity index (χ1n) is 8.76. The molecule has 1 aliphatic carbocycles. The van der Waals surface area contributed by atoms with Crippen LogP contribution in [0.1, 0.15) is 59.9 Å². The molecule has 0 saturated heterocycles. The van der Waals surface area contributed by atoms with Gasteiger partial charge in [-0.05, 0) is 0 Å². The molecule has 0 saturated carbocycles. The predicted octanol–water partition coefficient (Wildman–Crippen LogP) is 7.16. The van der Waals surface area contributed by atoms with Crippen molar-refractivity contribution in [2.75, 3.05) is 0 Å². The zero-order valence-corrected chi connectivity index (χ0v) is 19.6. The van der Waals surface area contributed by atoms with Gasteiger partial charge in [0.2, 0.25) is 0 Å². The first-order chi connectivity index (χ1) is 10.8. The van der Waals surface area contributed by atoms with Crippen molar-refractivity contribution in [3.05, 3.63) is 51.9 Å². The van der Waals surface area contributed by atoms with Gasteiger partial charge in [0.1, 0.15) is 0 Å². The topological polar surface area (TPSA) is 9.23 Å². The Hall–Kier alpha value is -0.336. The molecule has 25 heavy (non-hydrogen) atoms. The smallest absolute Gasteiger partial charge is 0.147 e. The minimum Gasteiger partial charge on any atom is -0.147 e. The third kappa shape index (κ3) is 5.83. The number of benzene rings is 1. The SMILES string of the molecule is CC[CH2][Ti]([O]c1cccc(C(C)(C)C)c1)([C]1=CC=CC1)=[C](C)C.Cl.Cl. The quantitative estimate of drug-likeness (QED) is 0.460. The van der Waals surface area contributed by atoms with E-state index in [2.05, 4.69) is 84.0 Å². The number of rotatable bonds is 5.